The molecule has 2 aliphatic rings. The van der Waals surface area contributed by atoms with Crippen LogP contribution in [0.2, 0.25) is 0 Å². The van der Waals surface area contributed by atoms with Crippen molar-refractivity contribution in [2.45, 2.75) is 72.3 Å². The second kappa shape index (κ2) is 12.8. The summed E-state index contributed by atoms with van der Waals surface area (Å²) in [6, 6.07) is 4.56. The van der Waals surface area contributed by atoms with E-state index < -0.39 is 0 Å². The van der Waals surface area contributed by atoms with Crippen molar-refractivity contribution in [3.8, 4) is 0 Å². The lowest BCUT2D eigenvalue weighted by molar-refractivity contribution is -0.119. The van der Waals surface area contributed by atoms with Crippen molar-refractivity contribution in [2.24, 2.45) is 11.8 Å². The quantitative estimate of drug-likeness (QED) is 0.516. The maximum atomic E-state index is 14.5. The van der Waals surface area contributed by atoms with Gasteiger partial charge in [0.05, 0.1) is 5.56 Å². The molecule has 2 heterocycles. The average Bonchev–Trinajstić information content (AvgIpc) is 3.70. The topological polar surface area (TPSA) is 69.6 Å². The number of fused-ring (bicyclic) bond motifs is 1. The second-order valence-electron chi connectivity index (χ2n) is 11.6. The molecule has 0 bridgehead atoms. The molecule has 0 spiro atoms. The lowest BCUT2D eigenvalue weighted by Gasteiger charge is -2.32. The van der Waals surface area contributed by atoms with Crippen LogP contribution in [0, 0.1) is 17.7 Å². The van der Waals surface area contributed by atoms with Crippen LogP contribution in [0.5, 0.6) is 0 Å². The molecule has 0 saturated heterocycles. The van der Waals surface area contributed by atoms with E-state index in [1.165, 1.54) is 12.1 Å². The molecule has 1 aromatic heterocycles. The van der Waals surface area contributed by atoms with Gasteiger partial charge in [0.1, 0.15) is 11.6 Å². The van der Waals surface area contributed by atoms with E-state index >= 15 is 0 Å². The van der Waals surface area contributed by atoms with Gasteiger partial charge in [0.2, 0.25) is 5.91 Å². The van der Waals surface area contributed by atoms with Gasteiger partial charge in [-0.25, -0.2) is 14.4 Å². The van der Waals surface area contributed by atoms with Crippen LogP contribution < -0.4 is 4.90 Å². The summed E-state index contributed by atoms with van der Waals surface area (Å²) in [5, 5.41) is 0. The highest BCUT2D eigenvalue weighted by Gasteiger charge is 2.28. The van der Waals surface area contributed by atoms with Gasteiger partial charge < -0.3 is 14.7 Å². The average molecular weight is 524 g/mol. The highest BCUT2D eigenvalue weighted by Crippen LogP contribution is 2.37. The number of rotatable bonds is 6. The number of benzene rings is 1. The van der Waals surface area contributed by atoms with Crippen LogP contribution in [-0.4, -0.2) is 64.3 Å². The maximum Gasteiger partial charge on any atom is 0.257 e. The minimum atomic E-state index is -0.375. The second-order valence-corrected chi connectivity index (χ2v) is 11.6. The number of amides is 2. The fraction of sp³-hybridized carbons (Fsp3) is 0.600. The third kappa shape index (κ3) is 7.59. The van der Waals surface area contributed by atoms with Gasteiger partial charge in [0.25, 0.3) is 5.91 Å². The number of anilines is 1. The molecule has 8 heteroatoms. The number of carbonyl (C=O) groups is 2. The van der Waals surface area contributed by atoms with E-state index in [0.29, 0.717) is 48.2 Å². The van der Waals surface area contributed by atoms with E-state index in [1.807, 2.05) is 13.8 Å². The molecule has 38 heavy (non-hydrogen) atoms. The minimum absolute atomic E-state index is 0.0299. The summed E-state index contributed by atoms with van der Waals surface area (Å²) < 4.78 is 14.5. The Balaban J connectivity index is 1.66. The van der Waals surface area contributed by atoms with Crippen molar-refractivity contribution in [2.75, 3.05) is 37.6 Å². The molecule has 4 rings (SSSR count). The van der Waals surface area contributed by atoms with E-state index in [0.717, 1.165) is 51.1 Å². The Morgan fingerprint density at radius 3 is 2.29 bits per heavy atom. The Morgan fingerprint density at radius 1 is 0.974 bits per heavy atom. The van der Waals surface area contributed by atoms with E-state index in [2.05, 4.69) is 28.7 Å². The van der Waals surface area contributed by atoms with Crippen LogP contribution >= 0.6 is 0 Å². The van der Waals surface area contributed by atoms with Gasteiger partial charge in [-0.3, -0.25) is 9.59 Å². The first-order chi connectivity index (χ1) is 18.2. The highest BCUT2D eigenvalue weighted by atomic mass is 19.1. The molecular formula is C30H42FN5O2. The Kier molecular flexibility index (Phi) is 9.47. The molecule has 1 aliphatic heterocycles. The number of carbonyl (C=O) groups excluding carboxylic acids is 2. The summed E-state index contributed by atoms with van der Waals surface area (Å²) in [4.78, 5) is 42.0. The van der Waals surface area contributed by atoms with E-state index in [1.54, 1.807) is 28.3 Å². The molecular weight excluding hydrogens is 481 g/mol. The van der Waals surface area contributed by atoms with E-state index in [9.17, 15) is 14.0 Å². The van der Waals surface area contributed by atoms with Crippen LogP contribution in [0.4, 0.5) is 10.1 Å². The Hall–Kier alpha value is -2.87. The first-order valence-corrected chi connectivity index (χ1v) is 14.1. The Bertz CT molecular complexity index is 1100. The summed E-state index contributed by atoms with van der Waals surface area (Å²) in [6.45, 7) is 12.5. The van der Waals surface area contributed by atoms with Crippen molar-refractivity contribution in [3.05, 3.63) is 53.4 Å². The van der Waals surface area contributed by atoms with Crippen LogP contribution in [0.1, 0.15) is 87.5 Å². The van der Waals surface area contributed by atoms with Crippen LogP contribution in [0.3, 0.4) is 0 Å². The molecule has 1 aliphatic carbocycles. The van der Waals surface area contributed by atoms with Crippen molar-refractivity contribution in [3.63, 3.8) is 0 Å². The summed E-state index contributed by atoms with van der Waals surface area (Å²) in [6.07, 6.45) is 7.49. The molecule has 0 radical (unpaired) electrons. The molecule has 1 fully saturated rings. The zero-order valence-electron chi connectivity index (χ0n) is 23.3. The molecule has 7 nitrogen and oxygen atoms in total. The van der Waals surface area contributed by atoms with Gasteiger partial charge in [0.15, 0.2) is 0 Å². The number of hydrogen-bond donors (Lipinski definition) is 0. The zero-order chi connectivity index (χ0) is 27.2. The first-order valence-electron chi connectivity index (χ1n) is 14.1. The van der Waals surface area contributed by atoms with E-state index in [-0.39, 0.29) is 30.1 Å². The van der Waals surface area contributed by atoms with Crippen molar-refractivity contribution < 1.29 is 14.0 Å². The Morgan fingerprint density at radius 2 is 1.66 bits per heavy atom. The van der Waals surface area contributed by atoms with Crippen molar-refractivity contribution in [1.29, 1.82) is 0 Å². The van der Waals surface area contributed by atoms with Gasteiger partial charge in [-0.15, -0.1) is 0 Å². The van der Waals surface area contributed by atoms with Gasteiger partial charge in [-0.05, 0) is 74.4 Å². The summed E-state index contributed by atoms with van der Waals surface area (Å²) in [5.41, 5.74) is 1.77. The Labute approximate surface area is 226 Å². The third-order valence-electron chi connectivity index (χ3n) is 7.11. The first kappa shape index (κ1) is 28.1. The van der Waals surface area contributed by atoms with Crippen LogP contribution in [-0.2, 0) is 11.3 Å². The standard InChI is InChI=1S/C30H42FN5O2/c1-21(2)15-28(37)36-14-6-12-34(19-22(3)4)11-5-13-35(20-24-16-26(31)9-10-27(24)36)30(38)25-17-32-29(33-18-25)23-7-8-23/h9-10,16-18,21-23H,5-8,11-15,19-20H2,1-4H3. The van der Waals surface area contributed by atoms with Crippen molar-refractivity contribution >= 4 is 17.5 Å². The molecule has 1 aromatic carbocycles. The predicted octanol–water partition coefficient (Wildman–Crippen LogP) is 5.27. The summed E-state index contributed by atoms with van der Waals surface area (Å²) in [7, 11) is 0. The van der Waals surface area contributed by atoms with Gasteiger partial charge in [-0.1, -0.05) is 27.7 Å². The summed E-state index contributed by atoms with van der Waals surface area (Å²) >= 11 is 0. The maximum absolute atomic E-state index is 14.5. The van der Waals surface area contributed by atoms with Gasteiger partial charge in [0, 0.05) is 56.6 Å². The monoisotopic (exact) mass is 523 g/mol. The molecule has 206 valence electrons. The smallest absolute Gasteiger partial charge is 0.257 e. The van der Waals surface area contributed by atoms with Crippen molar-refractivity contribution in [1.82, 2.24) is 19.8 Å². The number of aromatic nitrogens is 2. The van der Waals surface area contributed by atoms with Gasteiger partial charge in [-0.2, -0.15) is 0 Å². The third-order valence-corrected chi connectivity index (χ3v) is 7.11. The lowest BCUT2D eigenvalue weighted by atomic mass is 10.1. The van der Waals surface area contributed by atoms with Gasteiger partial charge >= 0.3 is 0 Å². The molecule has 0 unspecified atom stereocenters. The number of nitrogens with zero attached hydrogens (tertiary/aromatic N) is 5. The van der Waals surface area contributed by atoms with Crippen LogP contribution in [0.25, 0.3) is 0 Å². The normalized spacial score (nSPS) is 17.8. The van der Waals surface area contributed by atoms with E-state index in [4.69, 9.17) is 0 Å². The molecule has 2 aromatic rings. The zero-order valence-corrected chi connectivity index (χ0v) is 23.3. The highest BCUT2D eigenvalue weighted by molar-refractivity contribution is 5.95. The number of hydrogen-bond acceptors (Lipinski definition) is 5. The lowest BCUT2D eigenvalue weighted by Crippen LogP contribution is -2.40. The SMILES string of the molecule is CC(C)CC(=O)N1CCCN(CC(C)C)CCCN(C(=O)c2cnc(C3CC3)nc2)Cc2cc(F)ccc21. The van der Waals surface area contributed by atoms with Crippen LogP contribution in [0.15, 0.2) is 30.6 Å². The molecule has 2 amide bonds. The predicted molar refractivity (Wildman–Crippen MR) is 147 cm³/mol. The summed E-state index contributed by atoms with van der Waals surface area (Å²) in [5.74, 6) is 1.42. The number of halogens is 1. The largest absolute Gasteiger partial charge is 0.334 e. The fourth-order valence-corrected chi connectivity index (χ4v) is 5.17. The molecule has 1 saturated carbocycles. The molecule has 0 atom stereocenters. The minimum Gasteiger partial charge on any atom is -0.334 e. The molecule has 0 N–H and O–H groups in total. The fourth-order valence-electron chi connectivity index (χ4n) is 5.17.